The topological polar surface area (TPSA) is 35.0 Å². The lowest BCUT2D eigenvalue weighted by molar-refractivity contribution is 0.116. The van der Waals surface area contributed by atoms with Gasteiger partial charge in [0.1, 0.15) is 5.82 Å². The Morgan fingerprint density at radius 1 is 0.815 bits per heavy atom. The summed E-state index contributed by atoms with van der Waals surface area (Å²) in [6, 6.07) is 0. The molecule has 0 aromatic carbocycles. The molecule has 0 unspecified atom stereocenters. The Kier molecular flexibility index (Phi) is 11.7. The highest BCUT2D eigenvalue weighted by Crippen LogP contribution is 2.36. The highest BCUT2D eigenvalue weighted by molar-refractivity contribution is 5.07. The van der Waals surface area contributed by atoms with Crippen molar-refractivity contribution in [1.82, 2.24) is 9.97 Å². The van der Waals surface area contributed by atoms with Crippen molar-refractivity contribution in [3.05, 3.63) is 23.8 Å². The molecule has 0 bridgehead atoms. The molecule has 0 radical (unpaired) electrons. The van der Waals surface area contributed by atoms with Crippen LogP contribution >= 0.6 is 0 Å². The van der Waals surface area contributed by atoms with Gasteiger partial charge in [-0.2, -0.15) is 0 Å². The first-order valence-electron chi connectivity index (χ1n) is 11.7. The van der Waals surface area contributed by atoms with Gasteiger partial charge in [0, 0.05) is 30.5 Å². The predicted octanol–water partition coefficient (Wildman–Crippen LogP) is 7.21. The highest BCUT2D eigenvalue weighted by atomic mass is 16.5. The molecule has 1 aliphatic rings. The molecule has 0 atom stereocenters. The molecule has 0 spiro atoms. The third kappa shape index (κ3) is 9.19. The van der Waals surface area contributed by atoms with Crippen molar-refractivity contribution in [2.24, 2.45) is 5.92 Å². The monoisotopic (exact) mass is 374 g/mol. The maximum Gasteiger partial charge on any atom is 0.131 e. The van der Waals surface area contributed by atoms with Gasteiger partial charge < -0.3 is 4.74 Å². The Labute approximate surface area is 167 Å². The second kappa shape index (κ2) is 14.1. The van der Waals surface area contributed by atoms with Crippen LogP contribution in [0.4, 0.5) is 0 Å². The zero-order chi connectivity index (χ0) is 19.2. The third-order valence-corrected chi connectivity index (χ3v) is 6.06. The summed E-state index contributed by atoms with van der Waals surface area (Å²) in [4.78, 5) is 9.32. The first-order chi connectivity index (χ1) is 13.3. The molecule has 1 aliphatic carbocycles. The number of nitrogens with zero attached hydrogens (tertiary/aromatic N) is 2. The molecule has 0 amide bonds. The minimum atomic E-state index is 0.574. The lowest BCUT2D eigenvalue weighted by atomic mass is 9.79. The fourth-order valence-corrected chi connectivity index (χ4v) is 4.22. The number of aromatic nitrogens is 2. The summed E-state index contributed by atoms with van der Waals surface area (Å²) in [5.74, 6) is 2.58. The van der Waals surface area contributed by atoms with Crippen molar-refractivity contribution in [2.45, 2.75) is 116 Å². The maximum absolute atomic E-state index is 5.75. The van der Waals surface area contributed by atoms with Crippen LogP contribution in [-0.2, 0) is 11.3 Å². The maximum atomic E-state index is 5.75. The van der Waals surface area contributed by atoms with Crippen molar-refractivity contribution in [2.75, 3.05) is 6.61 Å². The van der Waals surface area contributed by atoms with Crippen molar-refractivity contribution < 1.29 is 4.74 Å². The lowest BCUT2D eigenvalue weighted by Crippen LogP contribution is -2.15. The van der Waals surface area contributed by atoms with Crippen LogP contribution in [0.15, 0.2) is 12.4 Å². The van der Waals surface area contributed by atoms with E-state index in [2.05, 4.69) is 23.8 Å². The average molecular weight is 375 g/mol. The lowest BCUT2D eigenvalue weighted by Gasteiger charge is -2.27. The Hall–Kier alpha value is -0.960. The van der Waals surface area contributed by atoms with Crippen LogP contribution in [0, 0.1) is 5.92 Å². The summed E-state index contributed by atoms with van der Waals surface area (Å²) in [6.45, 7) is 6.03. The van der Waals surface area contributed by atoms with E-state index in [1.165, 1.54) is 83.5 Å². The Balaban J connectivity index is 1.60. The Morgan fingerprint density at radius 3 is 2.11 bits per heavy atom. The minimum absolute atomic E-state index is 0.574. The van der Waals surface area contributed by atoms with Crippen molar-refractivity contribution in [1.29, 1.82) is 0 Å². The van der Waals surface area contributed by atoms with Crippen LogP contribution in [0.5, 0.6) is 0 Å². The van der Waals surface area contributed by atoms with Gasteiger partial charge in [0.15, 0.2) is 0 Å². The molecular weight excluding hydrogens is 332 g/mol. The van der Waals surface area contributed by atoms with Crippen LogP contribution in [0.1, 0.15) is 121 Å². The molecule has 3 nitrogen and oxygen atoms in total. The van der Waals surface area contributed by atoms with E-state index in [9.17, 15) is 0 Å². The molecule has 0 aliphatic heterocycles. The second-order valence-corrected chi connectivity index (χ2v) is 8.48. The smallest absolute Gasteiger partial charge is 0.131 e. The van der Waals surface area contributed by atoms with Gasteiger partial charge in [0.05, 0.1) is 6.61 Å². The van der Waals surface area contributed by atoms with Crippen LogP contribution in [-0.4, -0.2) is 16.6 Å². The summed E-state index contributed by atoms with van der Waals surface area (Å²) in [5, 5.41) is 0. The quantitative estimate of drug-likeness (QED) is 0.323. The number of hydrogen-bond donors (Lipinski definition) is 0. The summed E-state index contributed by atoms with van der Waals surface area (Å²) < 4.78 is 5.75. The standard InChI is InChI=1S/C24H42N2O/c1-3-5-7-9-10-12-21-13-15-23(16-14-21)24-25-18-22(19-26-24)20-27-17-11-8-6-4-2/h18-19,21,23H,3-17,20H2,1-2H3/t21-,23-. The van der Waals surface area contributed by atoms with Crippen LogP contribution in [0.3, 0.4) is 0 Å². The Morgan fingerprint density at radius 2 is 1.44 bits per heavy atom. The summed E-state index contributed by atoms with van der Waals surface area (Å²) >= 11 is 0. The van der Waals surface area contributed by atoms with Gasteiger partial charge >= 0.3 is 0 Å². The molecule has 0 N–H and O–H groups in total. The van der Waals surface area contributed by atoms with Crippen LogP contribution in [0.25, 0.3) is 0 Å². The number of rotatable bonds is 14. The molecule has 1 fully saturated rings. The van der Waals surface area contributed by atoms with Gasteiger partial charge in [-0.15, -0.1) is 0 Å². The molecule has 1 saturated carbocycles. The first kappa shape index (κ1) is 22.3. The molecular formula is C24H42N2O. The van der Waals surface area contributed by atoms with E-state index in [1.54, 1.807) is 0 Å². The van der Waals surface area contributed by atoms with E-state index in [0.717, 1.165) is 30.3 Å². The van der Waals surface area contributed by atoms with E-state index in [4.69, 9.17) is 4.74 Å². The normalized spacial score (nSPS) is 20.1. The molecule has 1 aromatic rings. The third-order valence-electron chi connectivity index (χ3n) is 6.06. The molecule has 1 aromatic heterocycles. The molecule has 3 heteroatoms. The molecule has 154 valence electrons. The van der Waals surface area contributed by atoms with E-state index in [1.807, 2.05) is 12.4 Å². The van der Waals surface area contributed by atoms with E-state index in [0.29, 0.717) is 12.5 Å². The SMILES string of the molecule is CCCCCCC[C@H]1CC[C@H](c2ncc(COCCCCCC)cn2)CC1. The van der Waals surface area contributed by atoms with Gasteiger partial charge in [-0.05, 0) is 38.0 Å². The van der Waals surface area contributed by atoms with Crippen LogP contribution in [0.2, 0.25) is 0 Å². The van der Waals surface area contributed by atoms with E-state index >= 15 is 0 Å². The van der Waals surface area contributed by atoms with E-state index < -0.39 is 0 Å². The van der Waals surface area contributed by atoms with Gasteiger partial charge in [-0.1, -0.05) is 71.6 Å². The average Bonchev–Trinajstić information content (AvgIpc) is 2.71. The summed E-state index contributed by atoms with van der Waals surface area (Å²) in [5.41, 5.74) is 1.11. The summed E-state index contributed by atoms with van der Waals surface area (Å²) in [6.07, 6.45) is 22.7. The largest absolute Gasteiger partial charge is 0.377 e. The van der Waals surface area contributed by atoms with Crippen molar-refractivity contribution >= 4 is 0 Å². The number of unbranched alkanes of at least 4 members (excludes halogenated alkanes) is 7. The number of ether oxygens (including phenoxy) is 1. The van der Waals surface area contributed by atoms with Gasteiger partial charge in [0.25, 0.3) is 0 Å². The highest BCUT2D eigenvalue weighted by Gasteiger charge is 2.23. The zero-order valence-corrected chi connectivity index (χ0v) is 17.9. The van der Waals surface area contributed by atoms with Gasteiger partial charge in [0.2, 0.25) is 0 Å². The fourth-order valence-electron chi connectivity index (χ4n) is 4.22. The van der Waals surface area contributed by atoms with Crippen molar-refractivity contribution in [3.8, 4) is 0 Å². The zero-order valence-electron chi connectivity index (χ0n) is 17.9. The fraction of sp³-hybridized carbons (Fsp3) is 0.833. The van der Waals surface area contributed by atoms with E-state index in [-0.39, 0.29) is 0 Å². The molecule has 0 saturated heterocycles. The van der Waals surface area contributed by atoms with Crippen LogP contribution < -0.4 is 0 Å². The van der Waals surface area contributed by atoms with Gasteiger partial charge in [-0.3, -0.25) is 0 Å². The molecule has 2 rings (SSSR count). The van der Waals surface area contributed by atoms with Crippen molar-refractivity contribution in [3.63, 3.8) is 0 Å². The first-order valence-corrected chi connectivity index (χ1v) is 11.7. The predicted molar refractivity (Wildman–Crippen MR) is 114 cm³/mol. The minimum Gasteiger partial charge on any atom is -0.377 e. The second-order valence-electron chi connectivity index (χ2n) is 8.48. The summed E-state index contributed by atoms with van der Waals surface area (Å²) in [7, 11) is 0. The molecule has 27 heavy (non-hydrogen) atoms. The Bertz CT molecular complexity index is 466. The number of hydrogen-bond acceptors (Lipinski definition) is 3. The van der Waals surface area contributed by atoms with Gasteiger partial charge in [-0.25, -0.2) is 9.97 Å². The molecule has 1 heterocycles.